The molecule has 0 aliphatic rings. The van der Waals surface area contributed by atoms with Crippen LogP contribution in [0.5, 0.6) is 0 Å². The smallest absolute Gasteiger partial charge is 0.305 e. The minimum absolute atomic E-state index is 0.159. The van der Waals surface area contributed by atoms with Crippen molar-refractivity contribution in [1.29, 1.82) is 0 Å². The fraction of sp³-hybridized carbons (Fsp3) is 0.889. The van der Waals surface area contributed by atoms with Gasteiger partial charge in [0, 0.05) is 12.8 Å². The van der Waals surface area contributed by atoms with Crippen molar-refractivity contribution < 1.29 is 19.1 Å². The Bertz CT molecular complexity index is 271. The van der Waals surface area contributed by atoms with Crippen LogP contribution < -0.4 is 0 Å². The van der Waals surface area contributed by atoms with Crippen LogP contribution in [-0.2, 0) is 19.1 Å². The van der Waals surface area contributed by atoms with Crippen LogP contribution in [0.3, 0.4) is 0 Å². The number of carbonyl (C=O) groups is 2. The second-order valence-corrected chi connectivity index (χ2v) is 6.25. The van der Waals surface area contributed by atoms with Crippen molar-refractivity contribution in [3.8, 4) is 0 Å². The first-order chi connectivity index (χ1) is 10.5. The molecule has 2 atom stereocenters. The summed E-state index contributed by atoms with van der Waals surface area (Å²) in [4.78, 5) is 23.0. The molecule has 130 valence electrons. The van der Waals surface area contributed by atoms with Crippen LogP contribution in [0.2, 0.25) is 0 Å². The molecule has 0 aromatic carbocycles. The maximum absolute atomic E-state index is 11.5. The third-order valence-electron chi connectivity index (χ3n) is 4.15. The number of rotatable bonds is 13. The second-order valence-electron chi connectivity index (χ2n) is 6.25. The lowest BCUT2D eigenvalue weighted by atomic mass is 10.1. The van der Waals surface area contributed by atoms with Gasteiger partial charge in [0.2, 0.25) is 0 Å². The van der Waals surface area contributed by atoms with Gasteiger partial charge in [0.05, 0.1) is 13.2 Å². The van der Waals surface area contributed by atoms with E-state index in [0.717, 1.165) is 25.7 Å². The number of ether oxygens (including phenoxy) is 2. The highest BCUT2D eigenvalue weighted by atomic mass is 16.5. The Labute approximate surface area is 135 Å². The molecule has 0 aromatic rings. The Kier molecular flexibility index (Phi) is 12.9. The quantitative estimate of drug-likeness (QED) is 0.371. The van der Waals surface area contributed by atoms with E-state index < -0.39 is 0 Å². The van der Waals surface area contributed by atoms with E-state index in [9.17, 15) is 9.59 Å². The third kappa shape index (κ3) is 12.7. The van der Waals surface area contributed by atoms with E-state index in [0.29, 0.717) is 50.7 Å². The summed E-state index contributed by atoms with van der Waals surface area (Å²) in [6.45, 7) is 9.58. The van der Waals surface area contributed by atoms with Crippen LogP contribution in [0.15, 0.2) is 0 Å². The molecule has 0 rings (SSSR count). The van der Waals surface area contributed by atoms with Crippen molar-refractivity contribution in [3.05, 3.63) is 0 Å². The van der Waals surface area contributed by atoms with Gasteiger partial charge in [-0.1, -0.05) is 40.5 Å². The summed E-state index contributed by atoms with van der Waals surface area (Å²) in [7, 11) is 0. The Morgan fingerprint density at radius 2 is 1.14 bits per heavy atom. The Morgan fingerprint density at radius 1 is 0.773 bits per heavy atom. The molecule has 0 heterocycles. The van der Waals surface area contributed by atoms with Gasteiger partial charge in [-0.3, -0.25) is 9.59 Å². The topological polar surface area (TPSA) is 52.6 Å². The summed E-state index contributed by atoms with van der Waals surface area (Å²) in [5, 5.41) is 0. The van der Waals surface area contributed by atoms with Crippen molar-refractivity contribution in [2.45, 2.75) is 79.1 Å². The minimum atomic E-state index is -0.159. The van der Waals surface area contributed by atoms with E-state index in [1.807, 2.05) is 0 Å². The maximum Gasteiger partial charge on any atom is 0.305 e. The van der Waals surface area contributed by atoms with Gasteiger partial charge in [-0.2, -0.15) is 0 Å². The highest BCUT2D eigenvalue weighted by molar-refractivity contribution is 5.70. The molecule has 0 aliphatic carbocycles. The Hall–Kier alpha value is -1.06. The van der Waals surface area contributed by atoms with Crippen molar-refractivity contribution in [1.82, 2.24) is 0 Å². The molecular formula is C18H34O4. The monoisotopic (exact) mass is 314 g/mol. The number of carbonyl (C=O) groups excluding carboxylic acids is 2. The van der Waals surface area contributed by atoms with Gasteiger partial charge in [0.1, 0.15) is 0 Å². The number of hydrogen-bond donors (Lipinski definition) is 0. The zero-order valence-corrected chi connectivity index (χ0v) is 14.9. The lowest BCUT2D eigenvalue weighted by Gasteiger charge is -2.09. The number of unbranched alkanes of at least 4 members (excludes halogenated alkanes) is 1. The molecule has 0 bridgehead atoms. The minimum Gasteiger partial charge on any atom is -0.466 e. The summed E-state index contributed by atoms with van der Waals surface area (Å²) in [5.41, 5.74) is 0. The molecule has 0 fully saturated rings. The number of esters is 2. The lowest BCUT2D eigenvalue weighted by molar-refractivity contribution is -0.146. The van der Waals surface area contributed by atoms with Gasteiger partial charge >= 0.3 is 11.9 Å². The van der Waals surface area contributed by atoms with Crippen molar-refractivity contribution in [2.24, 2.45) is 11.8 Å². The summed E-state index contributed by atoms with van der Waals surface area (Å²) in [6, 6.07) is 0. The lowest BCUT2D eigenvalue weighted by Crippen LogP contribution is -2.10. The van der Waals surface area contributed by atoms with Gasteiger partial charge in [0.15, 0.2) is 0 Å². The average molecular weight is 314 g/mol. The Morgan fingerprint density at radius 3 is 1.45 bits per heavy atom. The standard InChI is InChI=1S/C18H34O4/c1-5-15(3)11-13-21-17(19)9-7-8-10-18(20)22-14-12-16(4)6-2/h15-16H,5-14H2,1-4H3. The molecule has 22 heavy (non-hydrogen) atoms. The van der Waals surface area contributed by atoms with Crippen molar-refractivity contribution in [2.75, 3.05) is 13.2 Å². The van der Waals surface area contributed by atoms with Crippen LogP contribution in [0.4, 0.5) is 0 Å². The second kappa shape index (κ2) is 13.6. The Balaban J connectivity index is 3.47. The highest BCUT2D eigenvalue weighted by Crippen LogP contribution is 2.09. The largest absolute Gasteiger partial charge is 0.466 e. The fourth-order valence-corrected chi connectivity index (χ4v) is 1.84. The van der Waals surface area contributed by atoms with Crippen LogP contribution in [-0.4, -0.2) is 25.2 Å². The van der Waals surface area contributed by atoms with Crippen LogP contribution >= 0.6 is 0 Å². The summed E-state index contributed by atoms with van der Waals surface area (Å²) >= 11 is 0. The maximum atomic E-state index is 11.5. The molecule has 4 heteroatoms. The average Bonchev–Trinajstić information content (AvgIpc) is 2.51. The highest BCUT2D eigenvalue weighted by Gasteiger charge is 2.07. The molecule has 0 spiro atoms. The summed E-state index contributed by atoms with van der Waals surface area (Å²) < 4.78 is 10.3. The normalized spacial score (nSPS) is 13.5. The first-order valence-electron chi connectivity index (χ1n) is 8.80. The van der Waals surface area contributed by atoms with E-state index in [4.69, 9.17) is 9.47 Å². The molecule has 2 unspecified atom stereocenters. The molecule has 0 N–H and O–H groups in total. The van der Waals surface area contributed by atoms with E-state index in [-0.39, 0.29) is 11.9 Å². The molecule has 0 aliphatic heterocycles. The molecule has 0 radical (unpaired) electrons. The van der Waals surface area contributed by atoms with Crippen molar-refractivity contribution in [3.63, 3.8) is 0 Å². The van der Waals surface area contributed by atoms with Crippen molar-refractivity contribution >= 4 is 11.9 Å². The van der Waals surface area contributed by atoms with Crippen LogP contribution in [0, 0.1) is 11.8 Å². The first kappa shape index (κ1) is 20.9. The van der Waals surface area contributed by atoms with E-state index >= 15 is 0 Å². The van der Waals surface area contributed by atoms with Gasteiger partial charge in [-0.25, -0.2) is 0 Å². The van der Waals surface area contributed by atoms with E-state index in [1.54, 1.807) is 0 Å². The van der Waals surface area contributed by atoms with Crippen LogP contribution in [0.1, 0.15) is 79.1 Å². The van der Waals surface area contributed by atoms with Gasteiger partial charge in [-0.05, 0) is 37.5 Å². The zero-order valence-electron chi connectivity index (χ0n) is 14.9. The van der Waals surface area contributed by atoms with Gasteiger partial charge in [0.25, 0.3) is 0 Å². The van der Waals surface area contributed by atoms with Crippen LogP contribution in [0.25, 0.3) is 0 Å². The molecule has 0 saturated heterocycles. The molecule has 0 saturated carbocycles. The van der Waals surface area contributed by atoms with Gasteiger partial charge < -0.3 is 9.47 Å². The fourth-order valence-electron chi connectivity index (χ4n) is 1.84. The summed E-state index contributed by atoms with van der Waals surface area (Å²) in [5.74, 6) is 0.873. The summed E-state index contributed by atoms with van der Waals surface area (Å²) in [6.07, 6.45) is 6.20. The first-order valence-corrected chi connectivity index (χ1v) is 8.80. The SMILES string of the molecule is CCC(C)CCOC(=O)CCCCC(=O)OCCC(C)CC. The zero-order chi connectivity index (χ0) is 16.8. The third-order valence-corrected chi connectivity index (χ3v) is 4.15. The molecular weight excluding hydrogens is 280 g/mol. The molecule has 4 nitrogen and oxygen atoms in total. The van der Waals surface area contributed by atoms with E-state index in [1.165, 1.54) is 0 Å². The predicted octanol–water partition coefficient (Wildman–Crippen LogP) is 4.51. The van der Waals surface area contributed by atoms with E-state index in [2.05, 4.69) is 27.7 Å². The molecule has 0 amide bonds. The number of hydrogen-bond acceptors (Lipinski definition) is 4. The molecule has 0 aromatic heterocycles. The predicted molar refractivity (Wildman–Crippen MR) is 88.5 cm³/mol. The van der Waals surface area contributed by atoms with Gasteiger partial charge in [-0.15, -0.1) is 0 Å².